The van der Waals surface area contributed by atoms with Crippen LogP contribution >= 0.6 is 11.6 Å². The molecule has 0 aromatic heterocycles. The van der Waals surface area contributed by atoms with Crippen molar-refractivity contribution in [3.63, 3.8) is 0 Å². The van der Waals surface area contributed by atoms with Gasteiger partial charge in [0.25, 0.3) is 0 Å². The van der Waals surface area contributed by atoms with Crippen molar-refractivity contribution in [2.45, 2.75) is 31.1 Å². The Morgan fingerprint density at radius 2 is 0.920 bits per heavy atom. The Morgan fingerprint density at radius 3 is 1.28 bits per heavy atom. The summed E-state index contributed by atoms with van der Waals surface area (Å²) < 4.78 is 0. The summed E-state index contributed by atoms with van der Waals surface area (Å²) in [6.45, 7) is 0. The van der Waals surface area contributed by atoms with Gasteiger partial charge < -0.3 is 0 Å². The van der Waals surface area contributed by atoms with Gasteiger partial charge in [-0.3, -0.25) is 0 Å². The lowest BCUT2D eigenvalue weighted by atomic mass is 9.66. The minimum atomic E-state index is -0.115. The lowest BCUT2D eigenvalue weighted by Crippen LogP contribution is -2.29. The van der Waals surface area contributed by atoms with Crippen LogP contribution in [0.1, 0.15) is 42.4 Å². The van der Waals surface area contributed by atoms with Crippen LogP contribution in [0.4, 0.5) is 0 Å². The first-order chi connectivity index (χ1) is 12.4. The van der Waals surface area contributed by atoms with E-state index < -0.39 is 0 Å². The molecule has 0 aliphatic rings. The molecule has 0 bridgehead atoms. The zero-order valence-corrected chi connectivity index (χ0v) is 15.3. The first-order valence-electron chi connectivity index (χ1n) is 9.10. The molecule has 0 heterocycles. The molecular weight excluding hydrogens is 324 g/mol. The molecule has 3 aromatic rings. The first-order valence-corrected chi connectivity index (χ1v) is 9.64. The van der Waals surface area contributed by atoms with Crippen LogP contribution in [-0.4, -0.2) is 5.88 Å². The Kier molecular flexibility index (Phi) is 6.30. The maximum absolute atomic E-state index is 5.90. The van der Waals surface area contributed by atoms with Gasteiger partial charge in [0, 0.05) is 11.3 Å². The van der Waals surface area contributed by atoms with E-state index in [0.29, 0.717) is 0 Å². The zero-order chi connectivity index (χ0) is 17.4. The van der Waals surface area contributed by atoms with Gasteiger partial charge in [-0.15, -0.1) is 11.6 Å². The second-order valence-electron chi connectivity index (χ2n) is 6.50. The summed E-state index contributed by atoms with van der Waals surface area (Å²) in [5.41, 5.74) is 3.96. The highest BCUT2D eigenvalue weighted by molar-refractivity contribution is 6.17. The zero-order valence-electron chi connectivity index (χ0n) is 14.6. The SMILES string of the molecule is ClCCCCCC(c1ccccc1)(c1ccccc1)c1ccccc1. The minimum absolute atomic E-state index is 0.115. The van der Waals surface area contributed by atoms with Crippen LogP contribution in [0.15, 0.2) is 91.0 Å². The fourth-order valence-corrected chi connectivity index (χ4v) is 3.95. The second kappa shape index (κ2) is 8.87. The number of hydrogen-bond acceptors (Lipinski definition) is 0. The van der Waals surface area contributed by atoms with Crippen LogP contribution in [0.2, 0.25) is 0 Å². The molecule has 0 radical (unpaired) electrons. The van der Waals surface area contributed by atoms with E-state index in [1.165, 1.54) is 16.7 Å². The van der Waals surface area contributed by atoms with Crippen LogP contribution in [0, 0.1) is 0 Å². The van der Waals surface area contributed by atoms with E-state index in [2.05, 4.69) is 91.0 Å². The molecule has 0 spiro atoms. The number of alkyl halides is 1. The molecule has 1 heteroatoms. The molecule has 0 fully saturated rings. The molecule has 3 aromatic carbocycles. The van der Waals surface area contributed by atoms with Crippen LogP contribution in [0.5, 0.6) is 0 Å². The van der Waals surface area contributed by atoms with E-state index in [-0.39, 0.29) is 5.41 Å². The fourth-order valence-electron chi connectivity index (χ4n) is 3.76. The van der Waals surface area contributed by atoms with Crippen molar-refractivity contribution in [3.8, 4) is 0 Å². The molecule has 0 unspecified atom stereocenters. The van der Waals surface area contributed by atoms with Crippen molar-refractivity contribution in [3.05, 3.63) is 108 Å². The quantitative estimate of drug-likeness (QED) is 0.238. The van der Waals surface area contributed by atoms with Gasteiger partial charge in [-0.25, -0.2) is 0 Å². The van der Waals surface area contributed by atoms with Gasteiger partial charge in [-0.05, 0) is 29.5 Å². The summed E-state index contributed by atoms with van der Waals surface area (Å²) in [4.78, 5) is 0. The molecule has 128 valence electrons. The predicted molar refractivity (Wildman–Crippen MR) is 108 cm³/mol. The van der Waals surface area contributed by atoms with Crippen molar-refractivity contribution < 1.29 is 0 Å². The standard InChI is InChI=1S/C24H25Cl/c25-20-12-4-11-19-24(21-13-5-1-6-14-21,22-15-7-2-8-16-22)23-17-9-3-10-18-23/h1-3,5-10,13-18H,4,11-12,19-20H2. The monoisotopic (exact) mass is 348 g/mol. The normalized spacial score (nSPS) is 11.4. The number of halogens is 1. The molecule has 0 N–H and O–H groups in total. The third-order valence-corrected chi connectivity index (χ3v) is 5.25. The van der Waals surface area contributed by atoms with Gasteiger partial charge in [0.1, 0.15) is 0 Å². The van der Waals surface area contributed by atoms with Gasteiger partial charge in [0.05, 0.1) is 0 Å². The lowest BCUT2D eigenvalue weighted by Gasteiger charge is -2.36. The van der Waals surface area contributed by atoms with Crippen LogP contribution in [0.3, 0.4) is 0 Å². The Bertz CT molecular complexity index is 638. The molecule has 0 saturated carbocycles. The maximum atomic E-state index is 5.90. The third-order valence-electron chi connectivity index (χ3n) is 4.99. The Hall–Kier alpha value is -2.05. The average molecular weight is 349 g/mol. The van der Waals surface area contributed by atoms with E-state index in [4.69, 9.17) is 11.6 Å². The molecule has 0 aliphatic heterocycles. The molecule has 0 nitrogen and oxygen atoms in total. The summed E-state index contributed by atoms with van der Waals surface area (Å²) in [6, 6.07) is 32.8. The second-order valence-corrected chi connectivity index (χ2v) is 6.88. The van der Waals surface area contributed by atoms with Gasteiger partial charge in [0.15, 0.2) is 0 Å². The highest BCUT2D eigenvalue weighted by Gasteiger charge is 2.35. The van der Waals surface area contributed by atoms with E-state index in [1.807, 2.05) is 0 Å². The summed E-state index contributed by atoms with van der Waals surface area (Å²) in [5.74, 6) is 0.745. The van der Waals surface area contributed by atoms with Crippen molar-refractivity contribution in [1.82, 2.24) is 0 Å². The number of rotatable bonds is 8. The average Bonchev–Trinajstić information content (AvgIpc) is 2.70. The van der Waals surface area contributed by atoms with Crippen LogP contribution < -0.4 is 0 Å². The summed E-state index contributed by atoms with van der Waals surface area (Å²) in [7, 11) is 0. The van der Waals surface area contributed by atoms with Gasteiger partial charge in [-0.1, -0.05) is 104 Å². The largest absolute Gasteiger partial charge is 0.127 e. The van der Waals surface area contributed by atoms with Gasteiger partial charge in [0.2, 0.25) is 0 Å². The van der Waals surface area contributed by atoms with Crippen LogP contribution in [0.25, 0.3) is 0 Å². The van der Waals surface area contributed by atoms with E-state index >= 15 is 0 Å². The van der Waals surface area contributed by atoms with Crippen LogP contribution in [-0.2, 0) is 5.41 Å². The molecule has 3 rings (SSSR count). The molecular formula is C24H25Cl. The maximum Gasteiger partial charge on any atom is 0.0451 e. The molecule has 0 atom stereocenters. The smallest absolute Gasteiger partial charge is 0.0451 e. The van der Waals surface area contributed by atoms with Gasteiger partial charge in [-0.2, -0.15) is 0 Å². The summed E-state index contributed by atoms with van der Waals surface area (Å²) in [5, 5.41) is 0. The van der Waals surface area contributed by atoms with E-state index in [1.54, 1.807) is 0 Å². The topological polar surface area (TPSA) is 0 Å². The number of benzene rings is 3. The Morgan fingerprint density at radius 1 is 0.520 bits per heavy atom. The third kappa shape index (κ3) is 3.96. The highest BCUT2D eigenvalue weighted by Crippen LogP contribution is 2.43. The Balaban J connectivity index is 2.13. The number of hydrogen-bond donors (Lipinski definition) is 0. The van der Waals surface area contributed by atoms with Crippen molar-refractivity contribution >= 4 is 11.6 Å². The minimum Gasteiger partial charge on any atom is -0.127 e. The molecule has 0 amide bonds. The molecule has 25 heavy (non-hydrogen) atoms. The van der Waals surface area contributed by atoms with Gasteiger partial charge >= 0.3 is 0 Å². The van der Waals surface area contributed by atoms with E-state index in [9.17, 15) is 0 Å². The van der Waals surface area contributed by atoms with Crippen molar-refractivity contribution in [2.75, 3.05) is 5.88 Å². The fraction of sp³-hybridized carbons (Fsp3) is 0.250. The van der Waals surface area contributed by atoms with Crippen molar-refractivity contribution in [1.29, 1.82) is 0 Å². The lowest BCUT2D eigenvalue weighted by molar-refractivity contribution is 0.515. The van der Waals surface area contributed by atoms with Crippen molar-refractivity contribution in [2.24, 2.45) is 0 Å². The number of unbranched alkanes of at least 4 members (excludes halogenated alkanes) is 2. The Labute approximate surface area is 156 Å². The first kappa shape index (κ1) is 17.8. The molecule has 0 saturated heterocycles. The predicted octanol–water partition coefficient (Wildman–Crippen LogP) is 6.82. The van der Waals surface area contributed by atoms with E-state index in [0.717, 1.165) is 31.6 Å². The summed E-state index contributed by atoms with van der Waals surface area (Å²) >= 11 is 5.90. The summed E-state index contributed by atoms with van der Waals surface area (Å²) in [6.07, 6.45) is 4.49. The molecule has 0 aliphatic carbocycles. The highest BCUT2D eigenvalue weighted by atomic mass is 35.5.